The van der Waals surface area contributed by atoms with Crippen LogP contribution in [0.25, 0.3) is 0 Å². The van der Waals surface area contributed by atoms with Crippen LogP contribution in [0, 0.1) is 17.1 Å². The summed E-state index contributed by atoms with van der Waals surface area (Å²) in [4.78, 5) is 2.06. The van der Waals surface area contributed by atoms with Gasteiger partial charge in [0.05, 0.1) is 11.6 Å². The molecule has 0 fully saturated rings. The van der Waals surface area contributed by atoms with E-state index in [0.29, 0.717) is 17.7 Å². The normalized spacial score (nSPS) is 12.2. The summed E-state index contributed by atoms with van der Waals surface area (Å²) in [7, 11) is 1.95. The molecule has 102 valence electrons. The predicted molar refractivity (Wildman–Crippen MR) is 77.4 cm³/mol. The molecule has 0 radical (unpaired) electrons. The topological polar surface area (TPSA) is 27.0 Å². The quantitative estimate of drug-likeness (QED) is 0.841. The summed E-state index contributed by atoms with van der Waals surface area (Å²) in [6.45, 7) is 2.65. The Kier molecular flexibility index (Phi) is 4.49. The average molecular weight is 268 g/mol. The summed E-state index contributed by atoms with van der Waals surface area (Å²) < 4.78 is 13.8. The van der Waals surface area contributed by atoms with Crippen LogP contribution in [0.15, 0.2) is 48.5 Å². The molecule has 0 spiro atoms. The molecule has 1 atom stereocenters. The predicted octanol–water partition coefficient (Wildman–Crippen LogP) is 3.89. The summed E-state index contributed by atoms with van der Waals surface area (Å²) >= 11 is 0. The zero-order valence-corrected chi connectivity index (χ0v) is 11.7. The lowest BCUT2D eigenvalue weighted by Crippen LogP contribution is -2.22. The standard InChI is InChI=1S/C17H17FN2/c1-13(16-8-3-4-9-17(16)18)20(2)12-15-7-5-6-14(10-15)11-19/h3-10,13H,12H2,1-2H3. The van der Waals surface area contributed by atoms with E-state index in [1.807, 2.05) is 44.3 Å². The molecule has 0 aliphatic heterocycles. The van der Waals surface area contributed by atoms with E-state index in [1.165, 1.54) is 6.07 Å². The van der Waals surface area contributed by atoms with Gasteiger partial charge in [-0.05, 0) is 37.7 Å². The van der Waals surface area contributed by atoms with Crippen LogP contribution in [0.2, 0.25) is 0 Å². The van der Waals surface area contributed by atoms with Crippen LogP contribution in [-0.2, 0) is 6.54 Å². The molecule has 0 aliphatic rings. The lowest BCUT2D eigenvalue weighted by Gasteiger charge is -2.25. The van der Waals surface area contributed by atoms with Gasteiger partial charge in [-0.3, -0.25) is 4.90 Å². The molecule has 2 nitrogen and oxygen atoms in total. The fraction of sp³-hybridized carbons (Fsp3) is 0.235. The van der Waals surface area contributed by atoms with E-state index in [1.54, 1.807) is 12.1 Å². The first-order valence-electron chi connectivity index (χ1n) is 6.55. The fourth-order valence-electron chi connectivity index (χ4n) is 2.22. The first kappa shape index (κ1) is 14.2. The molecular formula is C17H17FN2. The van der Waals surface area contributed by atoms with Crippen molar-refractivity contribution in [2.45, 2.75) is 19.5 Å². The van der Waals surface area contributed by atoms with Gasteiger partial charge in [0.2, 0.25) is 0 Å². The lowest BCUT2D eigenvalue weighted by atomic mass is 10.1. The van der Waals surface area contributed by atoms with Crippen LogP contribution < -0.4 is 0 Å². The lowest BCUT2D eigenvalue weighted by molar-refractivity contribution is 0.248. The number of nitrogens with zero attached hydrogens (tertiary/aromatic N) is 2. The van der Waals surface area contributed by atoms with Crippen LogP contribution in [-0.4, -0.2) is 11.9 Å². The highest BCUT2D eigenvalue weighted by Crippen LogP contribution is 2.23. The smallest absolute Gasteiger partial charge is 0.127 e. The highest BCUT2D eigenvalue weighted by molar-refractivity contribution is 5.32. The first-order chi connectivity index (χ1) is 9.61. The molecule has 1 unspecified atom stereocenters. The molecule has 0 saturated carbocycles. The van der Waals surface area contributed by atoms with Crippen molar-refractivity contribution in [1.29, 1.82) is 5.26 Å². The number of rotatable bonds is 4. The zero-order chi connectivity index (χ0) is 14.5. The van der Waals surface area contributed by atoms with Crippen LogP contribution in [0.3, 0.4) is 0 Å². The molecule has 0 heterocycles. The van der Waals surface area contributed by atoms with Crippen molar-refractivity contribution in [3.05, 3.63) is 71.0 Å². The minimum absolute atomic E-state index is 0.0260. The average Bonchev–Trinajstić information content (AvgIpc) is 2.47. The minimum Gasteiger partial charge on any atom is -0.295 e. The van der Waals surface area contributed by atoms with Crippen LogP contribution in [0.5, 0.6) is 0 Å². The first-order valence-corrected chi connectivity index (χ1v) is 6.55. The molecule has 20 heavy (non-hydrogen) atoms. The van der Waals surface area contributed by atoms with Crippen molar-refractivity contribution in [3.8, 4) is 6.07 Å². The Morgan fingerprint density at radius 3 is 2.65 bits per heavy atom. The van der Waals surface area contributed by atoms with E-state index < -0.39 is 0 Å². The minimum atomic E-state index is -0.183. The van der Waals surface area contributed by atoms with Crippen LogP contribution in [0.4, 0.5) is 4.39 Å². The van der Waals surface area contributed by atoms with Crippen LogP contribution >= 0.6 is 0 Å². The summed E-state index contributed by atoms with van der Waals surface area (Å²) in [6.07, 6.45) is 0. The van der Waals surface area contributed by atoms with Gasteiger partial charge in [0.1, 0.15) is 5.82 Å². The zero-order valence-electron chi connectivity index (χ0n) is 11.7. The maximum Gasteiger partial charge on any atom is 0.127 e. The van der Waals surface area contributed by atoms with Crippen molar-refractivity contribution in [2.24, 2.45) is 0 Å². The van der Waals surface area contributed by atoms with Gasteiger partial charge in [-0.2, -0.15) is 5.26 Å². The number of benzene rings is 2. The third-order valence-electron chi connectivity index (χ3n) is 3.50. The van der Waals surface area contributed by atoms with E-state index >= 15 is 0 Å². The Morgan fingerprint density at radius 2 is 1.95 bits per heavy atom. The van der Waals surface area contributed by atoms with Crippen molar-refractivity contribution >= 4 is 0 Å². The molecule has 0 saturated heterocycles. The Bertz CT molecular complexity index is 631. The molecule has 3 heteroatoms. The maximum absolute atomic E-state index is 13.8. The van der Waals surface area contributed by atoms with Gasteiger partial charge >= 0.3 is 0 Å². The van der Waals surface area contributed by atoms with Gasteiger partial charge < -0.3 is 0 Å². The van der Waals surface area contributed by atoms with Gasteiger partial charge in [-0.15, -0.1) is 0 Å². The summed E-state index contributed by atoms with van der Waals surface area (Å²) in [5.41, 5.74) is 2.38. The molecule has 0 aromatic heterocycles. The maximum atomic E-state index is 13.8. The number of halogens is 1. The molecule has 2 aromatic carbocycles. The number of hydrogen-bond acceptors (Lipinski definition) is 2. The molecule has 0 aliphatic carbocycles. The molecule has 2 aromatic rings. The summed E-state index contributed by atoms with van der Waals surface area (Å²) in [5.74, 6) is -0.183. The molecule has 0 N–H and O–H groups in total. The summed E-state index contributed by atoms with van der Waals surface area (Å²) in [6, 6.07) is 16.4. The van der Waals surface area contributed by atoms with E-state index in [0.717, 1.165) is 5.56 Å². The second-order valence-electron chi connectivity index (χ2n) is 4.92. The van der Waals surface area contributed by atoms with Gasteiger partial charge in [-0.25, -0.2) is 4.39 Å². The Labute approximate surface area is 119 Å². The molecule has 2 rings (SSSR count). The van der Waals surface area contributed by atoms with E-state index in [4.69, 9.17) is 5.26 Å². The van der Waals surface area contributed by atoms with E-state index in [2.05, 4.69) is 11.0 Å². The SMILES string of the molecule is CC(c1ccccc1F)N(C)Cc1cccc(C#N)c1. The fourth-order valence-corrected chi connectivity index (χ4v) is 2.22. The van der Waals surface area contributed by atoms with Crippen molar-refractivity contribution in [1.82, 2.24) is 4.90 Å². The highest BCUT2D eigenvalue weighted by Gasteiger charge is 2.15. The third-order valence-corrected chi connectivity index (χ3v) is 3.50. The molecule has 0 bridgehead atoms. The second kappa shape index (κ2) is 6.31. The van der Waals surface area contributed by atoms with Crippen molar-refractivity contribution in [2.75, 3.05) is 7.05 Å². The summed E-state index contributed by atoms with van der Waals surface area (Å²) in [5, 5.41) is 8.91. The molecule has 0 amide bonds. The third kappa shape index (κ3) is 3.23. The highest BCUT2D eigenvalue weighted by atomic mass is 19.1. The van der Waals surface area contributed by atoms with Crippen molar-refractivity contribution < 1.29 is 4.39 Å². The van der Waals surface area contributed by atoms with E-state index in [9.17, 15) is 4.39 Å². The second-order valence-corrected chi connectivity index (χ2v) is 4.92. The van der Waals surface area contributed by atoms with Gasteiger partial charge in [0.25, 0.3) is 0 Å². The number of hydrogen-bond donors (Lipinski definition) is 0. The van der Waals surface area contributed by atoms with Gasteiger partial charge in [-0.1, -0.05) is 30.3 Å². The largest absolute Gasteiger partial charge is 0.295 e. The Hall–Kier alpha value is -2.18. The van der Waals surface area contributed by atoms with Gasteiger partial charge in [0.15, 0.2) is 0 Å². The molecular weight excluding hydrogens is 251 g/mol. The van der Waals surface area contributed by atoms with Crippen LogP contribution in [0.1, 0.15) is 29.7 Å². The van der Waals surface area contributed by atoms with E-state index in [-0.39, 0.29) is 11.9 Å². The van der Waals surface area contributed by atoms with Gasteiger partial charge in [0, 0.05) is 18.2 Å². The monoisotopic (exact) mass is 268 g/mol. The number of nitriles is 1. The Balaban J connectivity index is 2.14. The van der Waals surface area contributed by atoms with Crippen molar-refractivity contribution in [3.63, 3.8) is 0 Å². The Morgan fingerprint density at radius 1 is 1.20 bits per heavy atom.